The zero-order valence-corrected chi connectivity index (χ0v) is 11.7. The Kier molecular flexibility index (Phi) is 2.96. The lowest BCUT2D eigenvalue weighted by Gasteiger charge is -2.11. The average Bonchev–Trinajstić information content (AvgIpc) is 2.92. The average molecular weight is 258 g/mol. The van der Waals surface area contributed by atoms with Crippen molar-refractivity contribution < 1.29 is 0 Å². The molecule has 0 amide bonds. The van der Waals surface area contributed by atoms with E-state index >= 15 is 0 Å². The summed E-state index contributed by atoms with van der Waals surface area (Å²) in [6.45, 7) is 4.26. The Hall–Kier alpha value is -1.19. The molecule has 18 heavy (non-hydrogen) atoms. The molecule has 0 spiro atoms. The third-order valence-electron chi connectivity index (χ3n) is 3.77. The third-order valence-corrected chi connectivity index (χ3v) is 5.01. The van der Waals surface area contributed by atoms with Crippen molar-refractivity contribution in [1.29, 1.82) is 0 Å². The molecule has 0 aliphatic heterocycles. The van der Waals surface area contributed by atoms with E-state index in [1.54, 1.807) is 11.3 Å². The van der Waals surface area contributed by atoms with Gasteiger partial charge in [0.2, 0.25) is 0 Å². The summed E-state index contributed by atoms with van der Waals surface area (Å²) in [5.41, 5.74) is 11.4. The second-order valence-corrected chi connectivity index (χ2v) is 6.21. The molecule has 1 heterocycles. The summed E-state index contributed by atoms with van der Waals surface area (Å²) >= 11 is 1.80. The number of aromatic nitrogens is 1. The minimum absolute atomic E-state index is 0.0695. The summed E-state index contributed by atoms with van der Waals surface area (Å²) < 4.78 is 0. The number of aryl methyl sites for hydroxylation is 4. The fourth-order valence-corrected chi connectivity index (χ4v) is 3.63. The standard InChI is InChI=1S/C15H18N2S/c1-9-6-7-11(8-10(9)2)14(16)15-17-12-4-3-5-13(12)18-15/h6-8,14H,3-5,16H2,1-2H3. The quantitative estimate of drug-likeness (QED) is 0.897. The van der Waals surface area contributed by atoms with Crippen LogP contribution in [0.1, 0.15) is 44.7 Å². The van der Waals surface area contributed by atoms with Crippen molar-refractivity contribution in [2.24, 2.45) is 5.73 Å². The Morgan fingerprint density at radius 3 is 2.78 bits per heavy atom. The minimum Gasteiger partial charge on any atom is -0.318 e. The van der Waals surface area contributed by atoms with E-state index in [4.69, 9.17) is 10.7 Å². The number of hydrogen-bond acceptors (Lipinski definition) is 3. The van der Waals surface area contributed by atoms with Gasteiger partial charge in [-0.2, -0.15) is 0 Å². The van der Waals surface area contributed by atoms with Gasteiger partial charge in [-0.1, -0.05) is 18.2 Å². The largest absolute Gasteiger partial charge is 0.318 e. The monoisotopic (exact) mass is 258 g/mol. The molecule has 2 nitrogen and oxygen atoms in total. The molecule has 0 bridgehead atoms. The highest BCUT2D eigenvalue weighted by molar-refractivity contribution is 7.11. The first kappa shape index (κ1) is 11.9. The SMILES string of the molecule is Cc1ccc(C(N)c2nc3c(s2)CCC3)cc1C. The van der Waals surface area contributed by atoms with Gasteiger partial charge >= 0.3 is 0 Å². The second kappa shape index (κ2) is 4.48. The summed E-state index contributed by atoms with van der Waals surface area (Å²) in [4.78, 5) is 6.16. The summed E-state index contributed by atoms with van der Waals surface area (Å²) in [6.07, 6.45) is 3.57. The van der Waals surface area contributed by atoms with Gasteiger partial charge in [0.25, 0.3) is 0 Å². The van der Waals surface area contributed by atoms with Gasteiger partial charge in [-0.05, 0) is 49.8 Å². The van der Waals surface area contributed by atoms with E-state index in [0.717, 1.165) is 11.4 Å². The normalized spacial score (nSPS) is 15.7. The van der Waals surface area contributed by atoms with E-state index in [0.29, 0.717) is 0 Å². The van der Waals surface area contributed by atoms with E-state index in [9.17, 15) is 0 Å². The van der Waals surface area contributed by atoms with Crippen molar-refractivity contribution in [3.05, 3.63) is 50.5 Å². The lowest BCUT2D eigenvalue weighted by Crippen LogP contribution is -2.12. The van der Waals surface area contributed by atoms with Crippen LogP contribution in [-0.4, -0.2) is 4.98 Å². The van der Waals surface area contributed by atoms with Gasteiger partial charge in [-0.3, -0.25) is 0 Å². The molecule has 0 fully saturated rings. The van der Waals surface area contributed by atoms with E-state index in [2.05, 4.69) is 32.0 Å². The van der Waals surface area contributed by atoms with Crippen LogP contribution in [0.2, 0.25) is 0 Å². The molecule has 0 radical (unpaired) electrons. The number of benzene rings is 1. The summed E-state index contributed by atoms with van der Waals surface area (Å²) in [6, 6.07) is 6.39. The topological polar surface area (TPSA) is 38.9 Å². The van der Waals surface area contributed by atoms with Crippen LogP contribution < -0.4 is 5.73 Å². The van der Waals surface area contributed by atoms with Crippen molar-refractivity contribution >= 4 is 11.3 Å². The van der Waals surface area contributed by atoms with Crippen LogP contribution in [0.25, 0.3) is 0 Å². The summed E-state index contributed by atoms with van der Waals surface area (Å²) in [5.74, 6) is 0. The molecule has 2 N–H and O–H groups in total. The maximum absolute atomic E-state index is 6.34. The van der Waals surface area contributed by atoms with Gasteiger partial charge in [-0.25, -0.2) is 4.98 Å². The van der Waals surface area contributed by atoms with Crippen LogP contribution in [0.4, 0.5) is 0 Å². The number of fused-ring (bicyclic) bond motifs is 1. The molecule has 3 rings (SSSR count). The van der Waals surface area contributed by atoms with Gasteiger partial charge < -0.3 is 5.73 Å². The molecular weight excluding hydrogens is 240 g/mol. The van der Waals surface area contributed by atoms with Gasteiger partial charge in [-0.15, -0.1) is 11.3 Å². The Morgan fingerprint density at radius 2 is 2.06 bits per heavy atom. The van der Waals surface area contributed by atoms with Crippen molar-refractivity contribution in [2.45, 2.75) is 39.2 Å². The molecule has 1 aromatic carbocycles. The molecule has 1 aliphatic carbocycles. The maximum Gasteiger partial charge on any atom is 0.114 e. The van der Waals surface area contributed by atoms with E-state index < -0.39 is 0 Å². The van der Waals surface area contributed by atoms with Crippen LogP contribution in [-0.2, 0) is 12.8 Å². The van der Waals surface area contributed by atoms with Crippen LogP contribution in [0.15, 0.2) is 18.2 Å². The number of thiazole rings is 1. The first-order chi connectivity index (χ1) is 8.65. The zero-order valence-electron chi connectivity index (χ0n) is 10.9. The Morgan fingerprint density at radius 1 is 1.22 bits per heavy atom. The fraction of sp³-hybridized carbons (Fsp3) is 0.400. The lowest BCUT2D eigenvalue weighted by molar-refractivity contribution is 0.832. The van der Waals surface area contributed by atoms with Gasteiger partial charge in [0.15, 0.2) is 0 Å². The van der Waals surface area contributed by atoms with Gasteiger partial charge in [0.05, 0.1) is 11.7 Å². The maximum atomic E-state index is 6.34. The lowest BCUT2D eigenvalue weighted by atomic mass is 10.0. The highest BCUT2D eigenvalue weighted by atomic mass is 32.1. The number of nitrogens with two attached hydrogens (primary N) is 1. The molecule has 0 saturated heterocycles. The van der Waals surface area contributed by atoms with Crippen LogP contribution in [0, 0.1) is 13.8 Å². The molecule has 0 saturated carbocycles. The van der Waals surface area contributed by atoms with Gasteiger partial charge in [0.1, 0.15) is 5.01 Å². The summed E-state index contributed by atoms with van der Waals surface area (Å²) in [5, 5.41) is 1.07. The van der Waals surface area contributed by atoms with E-state index in [1.165, 1.54) is 40.1 Å². The first-order valence-corrected chi connectivity index (χ1v) is 7.28. The van der Waals surface area contributed by atoms with E-state index in [1.807, 2.05) is 0 Å². The Labute approximate surface area is 112 Å². The van der Waals surface area contributed by atoms with Crippen LogP contribution in [0.3, 0.4) is 0 Å². The number of rotatable bonds is 2. The molecule has 1 aromatic heterocycles. The smallest absolute Gasteiger partial charge is 0.114 e. The predicted octanol–water partition coefficient (Wildman–Crippen LogP) is 3.30. The predicted molar refractivity (Wildman–Crippen MR) is 76.1 cm³/mol. The Bertz CT molecular complexity index is 565. The van der Waals surface area contributed by atoms with Crippen molar-refractivity contribution in [1.82, 2.24) is 4.98 Å². The van der Waals surface area contributed by atoms with Crippen LogP contribution >= 0.6 is 11.3 Å². The molecule has 3 heteroatoms. The minimum atomic E-state index is -0.0695. The summed E-state index contributed by atoms with van der Waals surface area (Å²) in [7, 11) is 0. The fourth-order valence-electron chi connectivity index (χ4n) is 2.44. The first-order valence-electron chi connectivity index (χ1n) is 6.46. The molecule has 1 atom stereocenters. The molecule has 1 aliphatic rings. The van der Waals surface area contributed by atoms with E-state index in [-0.39, 0.29) is 6.04 Å². The van der Waals surface area contributed by atoms with Crippen molar-refractivity contribution in [3.63, 3.8) is 0 Å². The molecule has 94 valence electrons. The number of hydrogen-bond donors (Lipinski definition) is 1. The van der Waals surface area contributed by atoms with Crippen molar-refractivity contribution in [2.75, 3.05) is 0 Å². The zero-order chi connectivity index (χ0) is 12.7. The highest BCUT2D eigenvalue weighted by Gasteiger charge is 2.20. The third kappa shape index (κ3) is 1.98. The van der Waals surface area contributed by atoms with Crippen molar-refractivity contribution in [3.8, 4) is 0 Å². The molecular formula is C15H18N2S. The second-order valence-electron chi connectivity index (χ2n) is 5.10. The molecule has 2 aromatic rings. The van der Waals surface area contributed by atoms with Crippen LogP contribution in [0.5, 0.6) is 0 Å². The molecule has 1 unspecified atom stereocenters. The highest BCUT2D eigenvalue weighted by Crippen LogP contribution is 2.32. The van der Waals surface area contributed by atoms with Gasteiger partial charge in [0, 0.05) is 4.88 Å². The Balaban J connectivity index is 1.93. The number of nitrogens with zero attached hydrogens (tertiary/aromatic N) is 1.